The molecule has 0 aromatic heterocycles. The molecule has 0 atom stereocenters. The second kappa shape index (κ2) is 5.30. The molecule has 0 saturated heterocycles. The van der Waals surface area contributed by atoms with E-state index in [9.17, 15) is 9.59 Å². The molecular weight excluding hydrogens is 208 g/mol. The molecule has 0 heterocycles. The standard InChI is InChI=1S/C12H14O4/c1-8(2)16-10-7-5-4-6-9(10)11(13)12(14)15-3/h4-8H,1-3H3. The Hall–Kier alpha value is -1.84. The normalized spacial score (nSPS) is 10.0. The average molecular weight is 222 g/mol. The predicted molar refractivity (Wildman–Crippen MR) is 58.6 cm³/mol. The van der Waals surface area contributed by atoms with Crippen LogP contribution in [0.1, 0.15) is 24.2 Å². The molecule has 0 bridgehead atoms. The Morgan fingerprint density at radius 3 is 2.38 bits per heavy atom. The summed E-state index contributed by atoms with van der Waals surface area (Å²) in [7, 11) is 1.17. The van der Waals surface area contributed by atoms with Crippen molar-refractivity contribution in [2.24, 2.45) is 0 Å². The van der Waals surface area contributed by atoms with E-state index < -0.39 is 11.8 Å². The quantitative estimate of drug-likeness (QED) is 0.443. The minimum absolute atomic E-state index is 0.0633. The smallest absolute Gasteiger partial charge is 0.379 e. The van der Waals surface area contributed by atoms with Crippen LogP contribution in [0.5, 0.6) is 5.75 Å². The number of ketones is 1. The van der Waals surface area contributed by atoms with Crippen LogP contribution in [0.3, 0.4) is 0 Å². The summed E-state index contributed by atoms with van der Waals surface area (Å²) in [5.74, 6) is -1.19. The Labute approximate surface area is 94.2 Å². The van der Waals surface area contributed by atoms with Crippen molar-refractivity contribution >= 4 is 11.8 Å². The molecule has 0 aliphatic rings. The highest BCUT2D eigenvalue weighted by atomic mass is 16.5. The first-order chi connectivity index (χ1) is 7.56. The van der Waals surface area contributed by atoms with Crippen molar-refractivity contribution in [1.29, 1.82) is 0 Å². The van der Waals surface area contributed by atoms with Crippen molar-refractivity contribution in [3.63, 3.8) is 0 Å². The number of carbonyl (C=O) groups is 2. The van der Waals surface area contributed by atoms with Gasteiger partial charge in [-0.1, -0.05) is 12.1 Å². The van der Waals surface area contributed by atoms with Crippen LogP contribution in [0.15, 0.2) is 24.3 Å². The molecular formula is C12H14O4. The Balaban J connectivity index is 3.03. The number of carbonyl (C=O) groups excluding carboxylic acids is 2. The van der Waals surface area contributed by atoms with Crippen LogP contribution in [-0.4, -0.2) is 25.0 Å². The van der Waals surface area contributed by atoms with E-state index in [4.69, 9.17) is 4.74 Å². The van der Waals surface area contributed by atoms with Gasteiger partial charge >= 0.3 is 5.97 Å². The number of para-hydroxylation sites is 1. The molecule has 0 saturated carbocycles. The minimum atomic E-state index is -0.889. The van der Waals surface area contributed by atoms with Crippen LogP contribution in [0.25, 0.3) is 0 Å². The number of methoxy groups -OCH3 is 1. The molecule has 1 aromatic carbocycles. The number of ether oxygens (including phenoxy) is 2. The van der Waals surface area contributed by atoms with E-state index in [2.05, 4.69) is 4.74 Å². The lowest BCUT2D eigenvalue weighted by molar-refractivity contribution is -0.135. The van der Waals surface area contributed by atoms with Crippen molar-refractivity contribution in [1.82, 2.24) is 0 Å². The van der Waals surface area contributed by atoms with Crippen molar-refractivity contribution in [2.75, 3.05) is 7.11 Å². The zero-order valence-electron chi connectivity index (χ0n) is 9.52. The van der Waals surface area contributed by atoms with Gasteiger partial charge in [-0.15, -0.1) is 0 Å². The zero-order valence-corrected chi connectivity index (χ0v) is 9.52. The highest BCUT2D eigenvalue weighted by Gasteiger charge is 2.20. The summed E-state index contributed by atoms with van der Waals surface area (Å²) in [5.41, 5.74) is 0.225. The van der Waals surface area contributed by atoms with E-state index in [1.165, 1.54) is 13.2 Å². The van der Waals surface area contributed by atoms with Crippen LogP contribution in [0, 0.1) is 0 Å². The molecule has 0 aliphatic carbocycles. The van der Waals surface area contributed by atoms with E-state index in [0.29, 0.717) is 5.75 Å². The van der Waals surface area contributed by atoms with Crippen LogP contribution < -0.4 is 4.74 Å². The predicted octanol–water partition coefficient (Wildman–Crippen LogP) is 1.83. The van der Waals surface area contributed by atoms with Crippen molar-refractivity contribution in [3.8, 4) is 5.75 Å². The Morgan fingerprint density at radius 2 is 1.81 bits per heavy atom. The number of benzene rings is 1. The van der Waals surface area contributed by atoms with Gasteiger partial charge in [-0.25, -0.2) is 4.79 Å². The summed E-state index contributed by atoms with van der Waals surface area (Å²) in [5, 5.41) is 0. The first kappa shape index (κ1) is 12.2. The fourth-order valence-electron chi connectivity index (χ4n) is 1.21. The van der Waals surface area contributed by atoms with Gasteiger partial charge in [0.1, 0.15) is 5.75 Å². The maximum absolute atomic E-state index is 11.6. The van der Waals surface area contributed by atoms with Crippen LogP contribution in [0.2, 0.25) is 0 Å². The molecule has 86 valence electrons. The number of rotatable bonds is 4. The van der Waals surface area contributed by atoms with Gasteiger partial charge in [0.2, 0.25) is 0 Å². The topological polar surface area (TPSA) is 52.6 Å². The lowest BCUT2D eigenvalue weighted by Gasteiger charge is -2.12. The molecule has 0 radical (unpaired) electrons. The van der Waals surface area contributed by atoms with E-state index in [1.54, 1.807) is 18.2 Å². The molecule has 0 unspecified atom stereocenters. The fraction of sp³-hybridized carbons (Fsp3) is 0.333. The number of esters is 1. The first-order valence-electron chi connectivity index (χ1n) is 4.94. The lowest BCUT2D eigenvalue weighted by Crippen LogP contribution is -2.18. The first-order valence-corrected chi connectivity index (χ1v) is 4.94. The van der Waals surface area contributed by atoms with Gasteiger partial charge in [-0.05, 0) is 26.0 Å². The molecule has 0 spiro atoms. The van der Waals surface area contributed by atoms with Crippen LogP contribution in [-0.2, 0) is 9.53 Å². The number of hydrogen-bond donors (Lipinski definition) is 0. The molecule has 1 aromatic rings. The van der Waals surface area contributed by atoms with E-state index in [-0.39, 0.29) is 11.7 Å². The maximum atomic E-state index is 11.6. The van der Waals surface area contributed by atoms with Gasteiger partial charge in [0.15, 0.2) is 0 Å². The Bertz CT molecular complexity index is 396. The van der Waals surface area contributed by atoms with Gasteiger partial charge in [0.25, 0.3) is 5.78 Å². The third-order valence-corrected chi connectivity index (χ3v) is 1.87. The van der Waals surface area contributed by atoms with Gasteiger partial charge in [-0.2, -0.15) is 0 Å². The molecule has 0 N–H and O–H groups in total. The second-order valence-electron chi connectivity index (χ2n) is 3.48. The third kappa shape index (κ3) is 2.82. The molecule has 0 amide bonds. The van der Waals surface area contributed by atoms with Crippen molar-refractivity contribution in [2.45, 2.75) is 20.0 Å². The molecule has 4 nitrogen and oxygen atoms in total. The summed E-state index contributed by atoms with van der Waals surface area (Å²) < 4.78 is 9.81. The van der Waals surface area contributed by atoms with Crippen molar-refractivity contribution in [3.05, 3.63) is 29.8 Å². The fourth-order valence-corrected chi connectivity index (χ4v) is 1.21. The van der Waals surface area contributed by atoms with E-state index >= 15 is 0 Å². The third-order valence-electron chi connectivity index (χ3n) is 1.87. The molecule has 1 rings (SSSR count). The summed E-state index contributed by atoms with van der Waals surface area (Å²) >= 11 is 0. The average Bonchev–Trinajstić information content (AvgIpc) is 2.27. The summed E-state index contributed by atoms with van der Waals surface area (Å²) in [6, 6.07) is 6.60. The SMILES string of the molecule is COC(=O)C(=O)c1ccccc1OC(C)C. The van der Waals surface area contributed by atoms with Gasteiger partial charge in [0, 0.05) is 0 Å². The van der Waals surface area contributed by atoms with E-state index in [0.717, 1.165) is 0 Å². The summed E-state index contributed by atoms with van der Waals surface area (Å²) in [6.45, 7) is 3.69. The molecule has 16 heavy (non-hydrogen) atoms. The Morgan fingerprint density at radius 1 is 1.19 bits per heavy atom. The largest absolute Gasteiger partial charge is 0.490 e. The van der Waals surface area contributed by atoms with Crippen LogP contribution in [0.4, 0.5) is 0 Å². The monoisotopic (exact) mass is 222 g/mol. The van der Waals surface area contributed by atoms with Gasteiger partial charge in [0.05, 0.1) is 18.8 Å². The summed E-state index contributed by atoms with van der Waals surface area (Å²) in [4.78, 5) is 22.7. The zero-order chi connectivity index (χ0) is 12.1. The lowest BCUT2D eigenvalue weighted by atomic mass is 10.1. The molecule has 4 heteroatoms. The van der Waals surface area contributed by atoms with Gasteiger partial charge in [-0.3, -0.25) is 4.79 Å². The number of Topliss-reactive ketones (excluding diaryl/α,β-unsaturated/α-hetero) is 1. The van der Waals surface area contributed by atoms with E-state index in [1.807, 2.05) is 13.8 Å². The van der Waals surface area contributed by atoms with Gasteiger partial charge < -0.3 is 9.47 Å². The van der Waals surface area contributed by atoms with Crippen LogP contribution >= 0.6 is 0 Å². The minimum Gasteiger partial charge on any atom is -0.490 e. The molecule has 0 aliphatic heterocycles. The molecule has 0 fully saturated rings. The summed E-state index contributed by atoms with van der Waals surface area (Å²) in [6.07, 6.45) is -0.0633. The highest BCUT2D eigenvalue weighted by Crippen LogP contribution is 2.20. The number of hydrogen-bond acceptors (Lipinski definition) is 4. The second-order valence-corrected chi connectivity index (χ2v) is 3.48. The van der Waals surface area contributed by atoms with Crippen molar-refractivity contribution < 1.29 is 19.1 Å². The highest BCUT2D eigenvalue weighted by molar-refractivity contribution is 6.41. The Kier molecular flexibility index (Phi) is 4.05. The maximum Gasteiger partial charge on any atom is 0.379 e.